The van der Waals surface area contributed by atoms with Gasteiger partial charge in [-0.3, -0.25) is 19.6 Å². The van der Waals surface area contributed by atoms with E-state index < -0.39 is 17.2 Å². The maximum atomic E-state index is 14.0. The summed E-state index contributed by atoms with van der Waals surface area (Å²) in [7, 11) is 8.93. The Kier molecular flexibility index (Phi) is 32.8. The first-order chi connectivity index (χ1) is 35.8. The molecule has 2 aliphatic carbocycles. The van der Waals surface area contributed by atoms with E-state index in [-0.39, 0.29) is 42.5 Å². The number of nitrogens with zero attached hydrogens (tertiary/aromatic N) is 4. The van der Waals surface area contributed by atoms with Gasteiger partial charge in [0.1, 0.15) is 12.6 Å². The van der Waals surface area contributed by atoms with Crippen LogP contribution in [0.4, 0.5) is 13.2 Å². The number of aldehydes is 2. The average Bonchev–Trinajstić information content (AvgIpc) is 4.00. The lowest BCUT2D eigenvalue weighted by Gasteiger charge is -2.38. The number of aromatic nitrogens is 2. The minimum Gasteiger partial charge on any atom is -0.383 e. The topological polar surface area (TPSA) is 192 Å². The van der Waals surface area contributed by atoms with Crippen molar-refractivity contribution in [1.82, 2.24) is 35.7 Å². The molecule has 0 spiro atoms. The van der Waals surface area contributed by atoms with Crippen molar-refractivity contribution in [1.29, 1.82) is 0 Å². The third-order valence-electron chi connectivity index (χ3n) is 13.7. The Bertz CT molecular complexity index is 1790. The summed E-state index contributed by atoms with van der Waals surface area (Å²) in [6.07, 6.45) is 15.8. The fourth-order valence-electron chi connectivity index (χ4n) is 9.55. The van der Waals surface area contributed by atoms with Crippen molar-refractivity contribution < 1.29 is 60.8 Å². The largest absolute Gasteiger partial charge is 0.417 e. The zero-order valence-corrected chi connectivity index (χ0v) is 44.9. The predicted octanol–water partition coefficient (Wildman–Crippen LogP) is 5.86. The number of pyridine rings is 2. The first-order valence-corrected chi connectivity index (χ1v) is 26.6. The summed E-state index contributed by atoms with van der Waals surface area (Å²) in [6, 6.07) is 7.27. The van der Waals surface area contributed by atoms with E-state index in [2.05, 4.69) is 25.9 Å². The van der Waals surface area contributed by atoms with E-state index in [1.807, 2.05) is 32.3 Å². The molecule has 0 radical (unpaired) electrons. The number of nitrogens with one attached hydrogen (secondary N) is 3. The quantitative estimate of drug-likeness (QED) is 0.0885. The molecule has 2 amide bonds. The standard InChI is InChI=1S/C26H39F3N4O3.C13H24O4.C6H9NO2.C5H5N.C4H11NO/c1-30-10-4-3-8-25(9-5-20(14-25)32-22-7-12-36-17-23(22)35-2)24(34)33-11-6-21-18(16-33)13-19(15-31-21)26(27,28)29;14-7-4-8-15-9-10-16-11-12-17-13-5-2-1-3-6-13;1-7-3-5(4-8)2-6(7)9;1-2-4-6-5-3-1;1-5-3-4-6-2/h13,15,20,22-23,30,32H,3-12,14,16-17H2,1-2H3;7,13H,1-6,8-12H2;4-5H,2-3H2,1H3;1-5H;5H,3-4H2,1-2H3. The van der Waals surface area contributed by atoms with Gasteiger partial charge in [-0.2, -0.15) is 13.2 Å². The van der Waals surface area contributed by atoms with Crippen LogP contribution in [-0.4, -0.2) is 183 Å². The average molecular weight is 1050 g/mol. The Morgan fingerprint density at radius 2 is 1.66 bits per heavy atom. The van der Waals surface area contributed by atoms with Gasteiger partial charge in [-0.15, -0.1) is 0 Å². The van der Waals surface area contributed by atoms with Crippen molar-refractivity contribution in [3.8, 4) is 0 Å². The predicted molar refractivity (Wildman–Crippen MR) is 276 cm³/mol. The summed E-state index contributed by atoms with van der Waals surface area (Å²) in [5.41, 5.74) is -0.0866. The van der Waals surface area contributed by atoms with Crippen molar-refractivity contribution in [3.63, 3.8) is 0 Å². The van der Waals surface area contributed by atoms with E-state index in [0.717, 1.165) is 89.5 Å². The maximum absolute atomic E-state index is 14.0. The van der Waals surface area contributed by atoms with Gasteiger partial charge in [0, 0.05) is 116 Å². The van der Waals surface area contributed by atoms with Crippen molar-refractivity contribution >= 4 is 24.4 Å². The van der Waals surface area contributed by atoms with Crippen molar-refractivity contribution in [2.75, 3.05) is 114 Å². The number of carbonyl (C=O) groups excluding carboxylic acids is 4. The SMILES string of the molecule is CN1CC(C=O)CC1=O.CNCCCCC1(C(=O)N2CCc3ncc(C(F)(F)F)cc3C2)CCC(NC2CCOCC2OC)C1.CNCCOC.O=CCCOCCOCCOC1CCCCC1.c1ccncc1. The summed E-state index contributed by atoms with van der Waals surface area (Å²) < 4.78 is 71.9. The molecule has 3 aliphatic heterocycles. The Hall–Kier alpha value is -3.99. The van der Waals surface area contributed by atoms with Gasteiger partial charge < -0.3 is 63.8 Å². The van der Waals surface area contributed by atoms with E-state index >= 15 is 0 Å². The molecule has 2 aromatic rings. The zero-order valence-electron chi connectivity index (χ0n) is 44.9. The van der Waals surface area contributed by atoms with Gasteiger partial charge >= 0.3 is 6.18 Å². The number of ether oxygens (including phenoxy) is 6. The highest BCUT2D eigenvalue weighted by molar-refractivity contribution is 5.83. The Labute approximate surface area is 438 Å². The van der Waals surface area contributed by atoms with Crippen LogP contribution in [0.15, 0.2) is 42.9 Å². The van der Waals surface area contributed by atoms with Gasteiger partial charge in [0.2, 0.25) is 11.8 Å². The second-order valence-corrected chi connectivity index (χ2v) is 19.3. The normalized spacial score (nSPS) is 22.6. The van der Waals surface area contributed by atoms with Gasteiger partial charge in [-0.1, -0.05) is 31.7 Å². The molecule has 20 heteroatoms. The number of alkyl halides is 3. The third-order valence-corrected chi connectivity index (χ3v) is 13.7. The van der Waals surface area contributed by atoms with Crippen LogP contribution in [0.2, 0.25) is 0 Å². The second-order valence-electron chi connectivity index (χ2n) is 19.3. The van der Waals surface area contributed by atoms with Crippen LogP contribution >= 0.6 is 0 Å². The van der Waals surface area contributed by atoms with E-state index in [1.54, 1.807) is 43.5 Å². The van der Waals surface area contributed by atoms with Crippen LogP contribution in [0.25, 0.3) is 0 Å². The van der Waals surface area contributed by atoms with Crippen molar-refractivity contribution in [2.24, 2.45) is 11.3 Å². The number of methoxy groups -OCH3 is 2. The molecule has 2 saturated heterocycles. The van der Waals surface area contributed by atoms with Crippen LogP contribution in [-0.2, 0) is 66.7 Å². The highest BCUT2D eigenvalue weighted by atomic mass is 19.4. The fraction of sp³-hybridized carbons (Fsp3) is 0.741. The van der Waals surface area contributed by atoms with Gasteiger partial charge in [0.05, 0.1) is 69.4 Å². The molecule has 17 nitrogen and oxygen atoms in total. The zero-order chi connectivity index (χ0) is 53.9. The van der Waals surface area contributed by atoms with E-state index in [9.17, 15) is 32.3 Å². The monoisotopic (exact) mass is 1050 g/mol. The smallest absolute Gasteiger partial charge is 0.383 e. The summed E-state index contributed by atoms with van der Waals surface area (Å²) in [4.78, 5) is 56.1. The number of fused-ring (bicyclic) bond motifs is 1. The molecule has 420 valence electrons. The number of carbonyl (C=O) groups is 4. The summed E-state index contributed by atoms with van der Waals surface area (Å²) in [5.74, 6) is 0.101. The van der Waals surface area contributed by atoms with Crippen LogP contribution in [0.1, 0.15) is 107 Å². The molecule has 5 aliphatic rings. The molecule has 4 fully saturated rings. The Balaban J connectivity index is 0.000000309. The maximum Gasteiger partial charge on any atom is 0.417 e. The molecule has 2 aromatic heterocycles. The molecule has 0 aromatic carbocycles. The van der Waals surface area contributed by atoms with Gasteiger partial charge in [0.15, 0.2) is 0 Å². The Morgan fingerprint density at radius 1 is 0.932 bits per heavy atom. The lowest BCUT2D eigenvalue weighted by atomic mass is 9.78. The number of likely N-dealkylation sites (tertiary alicyclic amines) is 1. The number of hydrogen-bond donors (Lipinski definition) is 3. The molecular weight excluding hydrogens is 964 g/mol. The second kappa shape index (κ2) is 37.7. The molecule has 0 bridgehead atoms. The molecule has 7 rings (SSSR count). The number of unbranched alkanes of at least 4 members (excludes halogenated alkanes) is 1. The lowest BCUT2D eigenvalue weighted by molar-refractivity contribution is -0.143. The molecule has 74 heavy (non-hydrogen) atoms. The number of amides is 2. The van der Waals surface area contributed by atoms with Gasteiger partial charge in [-0.25, -0.2) is 0 Å². The van der Waals surface area contributed by atoms with E-state index in [1.165, 1.54) is 32.1 Å². The highest BCUT2D eigenvalue weighted by Crippen LogP contribution is 2.45. The minimum atomic E-state index is -4.45. The van der Waals surface area contributed by atoms with E-state index in [4.69, 9.17) is 28.4 Å². The molecular formula is C54H88F3N7O10. The summed E-state index contributed by atoms with van der Waals surface area (Å²) in [5, 5.41) is 9.86. The first kappa shape index (κ1) is 64.3. The van der Waals surface area contributed by atoms with Crippen LogP contribution in [0.5, 0.6) is 0 Å². The van der Waals surface area contributed by atoms with Crippen LogP contribution < -0.4 is 16.0 Å². The number of likely N-dealkylation sites (N-methyl/N-ethyl adjacent to an activating group) is 1. The molecule has 2 saturated carbocycles. The van der Waals surface area contributed by atoms with Gasteiger partial charge in [-0.05, 0) is 95.8 Å². The minimum absolute atomic E-state index is 0.00555. The first-order valence-electron chi connectivity index (χ1n) is 26.6. The summed E-state index contributed by atoms with van der Waals surface area (Å²) in [6.45, 7) is 8.11. The Morgan fingerprint density at radius 3 is 2.24 bits per heavy atom. The van der Waals surface area contributed by atoms with Crippen LogP contribution in [0, 0.1) is 11.3 Å². The number of rotatable bonds is 23. The van der Waals surface area contributed by atoms with Gasteiger partial charge in [0.25, 0.3) is 0 Å². The lowest BCUT2D eigenvalue weighted by Crippen LogP contribution is -2.51. The fourth-order valence-corrected chi connectivity index (χ4v) is 9.55. The third kappa shape index (κ3) is 24.8. The number of halogens is 3. The number of hydrogen-bond acceptors (Lipinski definition) is 15. The van der Waals surface area contributed by atoms with Crippen LogP contribution in [0.3, 0.4) is 0 Å². The highest BCUT2D eigenvalue weighted by Gasteiger charge is 2.48. The molecule has 3 N–H and O–H groups in total. The summed E-state index contributed by atoms with van der Waals surface area (Å²) >= 11 is 0. The van der Waals surface area contributed by atoms with Crippen molar-refractivity contribution in [2.45, 2.75) is 133 Å². The van der Waals surface area contributed by atoms with Crippen molar-refractivity contribution in [3.05, 3.63) is 59.7 Å². The molecule has 5 atom stereocenters. The molecule has 5 unspecified atom stereocenters. The molecule has 5 heterocycles. The van der Waals surface area contributed by atoms with E-state index in [0.29, 0.717) is 96.0 Å².